The number of rotatable bonds is 4. The van der Waals surface area contributed by atoms with Gasteiger partial charge in [-0.1, -0.05) is 12.1 Å². The van der Waals surface area contributed by atoms with Crippen molar-refractivity contribution in [3.05, 3.63) is 35.4 Å². The first-order valence-electron chi connectivity index (χ1n) is 5.35. The van der Waals surface area contributed by atoms with Crippen molar-refractivity contribution in [3.8, 4) is 0 Å². The Bertz CT molecular complexity index is 398. The summed E-state index contributed by atoms with van der Waals surface area (Å²) in [6.45, 7) is 1.82. The van der Waals surface area contributed by atoms with Gasteiger partial charge in [-0.3, -0.25) is 4.79 Å². The van der Waals surface area contributed by atoms with E-state index in [1.54, 1.807) is 6.92 Å². The Morgan fingerprint density at radius 2 is 1.89 bits per heavy atom. The SMILES string of the molecule is CCOC(=O)CC(O)c1ccc(C(F)(F)F)cc1. The highest BCUT2D eigenvalue weighted by atomic mass is 19.4. The Morgan fingerprint density at radius 1 is 1.33 bits per heavy atom. The number of esters is 1. The molecule has 0 amide bonds. The second-order valence-electron chi connectivity index (χ2n) is 3.64. The van der Waals surface area contributed by atoms with Crippen molar-refractivity contribution in [1.82, 2.24) is 0 Å². The summed E-state index contributed by atoms with van der Waals surface area (Å²) < 4.78 is 41.5. The van der Waals surface area contributed by atoms with Crippen LogP contribution in [0.2, 0.25) is 0 Å². The summed E-state index contributed by atoms with van der Waals surface area (Å²) in [5.74, 6) is -0.593. The van der Waals surface area contributed by atoms with Crippen LogP contribution in [0.1, 0.15) is 30.6 Å². The van der Waals surface area contributed by atoms with Crippen molar-refractivity contribution in [2.75, 3.05) is 6.61 Å². The Balaban J connectivity index is 2.70. The van der Waals surface area contributed by atoms with Gasteiger partial charge in [0.25, 0.3) is 0 Å². The molecule has 0 aliphatic carbocycles. The molecule has 0 spiro atoms. The molecule has 1 aromatic carbocycles. The lowest BCUT2D eigenvalue weighted by Gasteiger charge is -2.12. The van der Waals surface area contributed by atoms with Gasteiger partial charge in [-0.2, -0.15) is 13.2 Å². The highest BCUT2D eigenvalue weighted by molar-refractivity contribution is 5.70. The van der Waals surface area contributed by atoms with E-state index in [-0.39, 0.29) is 18.6 Å². The molecule has 18 heavy (non-hydrogen) atoms. The highest BCUT2D eigenvalue weighted by Gasteiger charge is 2.30. The van der Waals surface area contributed by atoms with Crippen LogP contribution in [0, 0.1) is 0 Å². The maximum atomic E-state index is 12.3. The van der Waals surface area contributed by atoms with Gasteiger partial charge in [0.1, 0.15) is 0 Å². The van der Waals surface area contributed by atoms with E-state index >= 15 is 0 Å². The fourth-order valence-electron chi connectivity index (χ4n) is 1.39. The van der Waals surface area contributed by atoms with Crippen LogP contribution < -0.4 is 0 Å². The molecule has 0 aromatic heterocycles. The number of aliphatic hydroxyl groups is 1. The van der Waals surface area contributed by atoms with Crippen molar-refractivity contribution in [3.63, 3.8) is 0 Å². The van der Waals surface area contributed by atoms with E-state index in [4.69, 9.17) is 0 Å². The third kappa shape index (κ3) is 4.03. The lowest BCUT2D eigenvalue weighted by atomic mass is 10.0. The van der Waals surface area contributed by atoms with Gasteiger partial charge in [0, 0.05) is 0 Å². The maximum Gasteiger partial charge on any atom is 0.416 e. The molecule has 3 nitrogen and oxygen atoms in total. The van der Waals surface area contributed by atoms with Gasteiger partial charge in [-0.25, -0.2) is 0 Å². The van der Waals surface area contributed by atoms with Crippen LogP contribution in [-0.4, -0.2) is 17.7 Å². The summed E-state index contributed by atoms with van der Waals surface area (Å²) in [5.41, 5.74) is -0.550. The first kappa shape index (κ1) is 14.5. The Hall–Kier alpha value is -1.56. The molecule has 1 aromatic rings. The predicted octanol–water partition coefficient (Wildman–Crippen LogP) is 2.69. The zero-order chi connectivity index (χ0) is 13.8. The number of alkyl halides is 3. The molecule has 0 radical (unpaired) electrons. The molecule has 0 heterocycles. The first-order valence-corrected chi connectivity index (χ1v) is 5.35. The lowest BCUT2D eigenvalue weighted by Crippen LogP contribution is -2.10. The minimum absolute atomic E-state index is 0.193. The summed E-state index contributed by atoms with van der Waals surface area (Å²) in [5, 5.41) is 9.63. The van der Waals surface area contributed by atoms with Crippen LogP contribution in [-0.2, 0) is 15.7 Å². The standard InChI is InChI=1S/C12H13F3O3/c1-2-18-11(17)7-10(16)8-3-5-9(6-4-8)12(13,14)15/h3-6,10,16H,2,7H2,1H3. The molecular weight excluding hydrogens is 249 g/mol. The van der Waals surface area contributed by atoms with E-state index in [1.165, 1.54) is 0 Å². The molecule has 0 saturated heterocycles. The average molecular weight is 262 g/mol. The van der Waals surface area contributed by atoms with Crippen LogP contribution in [0.25, 0.3) is 0 Å². The van der Waals surface area contributed by atoms with Crippen molar-refractivity contribution in [2.45, 2.75) is 25.6 Å². The van der Waals surface area contributed by atoms with Crippen molar-refractivity contribution in [1.29, 1.82) is 0 Å². The maximum absolute atomic E-state index is 12.3. The summed E-state index contributed by atoms with van der Waals surface area (Å²) in [6, 6.07) is 4.02. The second-order valence-corrected chi connectivity index (χ2v) is 3.64. The number of carbonyl (C=O) groups excluding carboxylic acids is 1. The monoisotopic (exact) mass is 262 g/mol. The first-order chi connectivity index (χ1) is 8.34. The molecule has 0 fully saturated rings. The summed E-state index contributed by atoms with van der Waals surface area (Å²) in [4.78, 5) is 11.1. The molecule has 0 aliphatic heterocycles. The fourth-order valence-corrected chi connectivity index (χ4v) is 1.39. The molecule has 1 unspecified atom stereocenters. The van der Waals surface area contributed by atoms with Crippen LogP contribution in [0.3, 0.4) is 0 Å². The summed E-state index contributed by atoms with van der Waals surface area (Å²) in [6.07, 6.45) is -5.85. The predicted molar refractivity (Wildman–Crippen MR) is 57.7 cm³/mol. The minimum Gasteiger partial charge on any atom is -0.466 e. The number of hydrogen-bond donors (Lipinski definition) is 1. The second kappa shape index (κ2) is 5.86. The van der Waals surface area contributed by atoms with Crippen molar-refractivity contribution in [2.24, 2.45) is 0 Å². The topological polar surface area (TPSA) is 46.5 Å². The zero-order valence-corrected chi connectivity index (χ0v) is 9.70. The number of hydrogen-bond acceptors (Lipinski definition) is 3. The van der Waals surface area contributed by atoms with E-state index < -0.39 is 23.8 Å². The summed E-state index contributed by atoms with van der Waals surface area (Å²) >= 11 is 0. The van der Waals surface area contributed by atoms with Crippen LogP contribution >= 0.6 is 0 Å². The van der Waals surface area contributed by atoms with E-state index in [0.717, 1.165) is 24.3 Å². The molecule has 0 aliphatic rings. The van der Waals surface area contributed by atoms with Gasteiger partial charge >= 0.3 is 12.1 Å². The van der Waals surface area contributed by atoms with E-state index in [1.807, 2.05) is 0 Å². The van der Waals surface area contributed by atoms with Gasteiger partial charge in [-0.05, 0) is 24.6 Å². The average Bonchev–Trinajstić information content (AvgIpc) is 2.28. The van der Waals surface area contributed by atoms with Crippen molar-refractivity contribution >= 4 is 5.97 Å². The molecule has 6 heteroatoms. The third-order valence-corrected chi connectivity index (χ3v) is 2.29. The number of carbonyl (C=O) groups is 1. The normalized spacial score (nSPS) is 13.2. The van der Waals surface area contributed by atoms with Gasteiger partial charge in [0.2, 0.25) is 0 Å². The van der Waals surface area contributed by atoms with Gasteiger partial charge in [0.15, 0.2) is 0 Å². The molecule has 100 valence electrons. The highest BCUT2D eigenvalue weighted by Crippen LogP contribution is 2.30. The molecule has 0 bridgehead atoms. The minimum atomic E-state index is -4.41. The molecular formula is C12H13F3O3. The van der Waals surface area contributed by atoms with Crippen molar-refractivity contribution < 1.29 is 27.8 Å². The number of halogens is 3. The Labute approximate surface area is 102 Å². The largest absolute Gasteiger partial charge is 0.466 e. The Morgan fingerprint density at radius 3 is 2.33 bits per heavy atom. The zero-order valence-electron chi connectivity index (χ0n) is 9.70. The smallest absolute Gasteiger partial charge is 0.416 e. The Kier molecular flexibility index (Phi) is 4.72. The quantitative estimate of drug-likeness (QED) is 0.848. The van der Waals surface area contributed by atoms with E-state index in [2.05, 4.69) is 4.74 Å². The third-order valence-electron chi connectivity index (χ3n) is 2.29. The molecule has 1 atom stereocenters. The summed E-state index contributed by atoms with van der Waals surface area (Å²) in [7, 11) is 0. The number of ether oxygens (including phenoxy) is 1. The molecule has 1 rings (SSSR count). The van der Waals surface area contributed by atoms with E-state index in [9.17, 15) is 23.1 Å². The van der Waals surface area contributed by atoms with Gasteiger partial charge in [-0.15, -0.1) is 0 Å². The number of aliphatic hydroxyl groups excluding tert-OH is 1. The van der Waals surface area contributed by atoms with E-state index in [0.29, 0.717) is 0 Å². The van der Waals surface area contributed by atoms with Gasteiger partial charge < -0.3 is 9.84 Å². The van der Waals surface area contributed by atoms with Gasteiger partial charge in [0.05, 0.1) is 24.7 Å². The fraction of sp³-hybridized carbons (Fsp3) is 0.417. The van der Waals surface area contributed by atoms with Crippen LogP contribution in [0.5, 0.6) is 0 Å². The lowest BCUT2D eigenvalue weighted by molar-refractivity contribution is -0.145. The molecule has 1 N–H and O–H groups in total. The van der Waals surface area contributed by atoms with Crippen LogP contribution in [0.4, 0.5) is 13.2 Å². The number of benzene rings is 1. The van der Waals surface area contributed by atoms with Crippen LogP contribution in [0.15, 0.2) is 24.3 Å². The molecule has 0 saturated carbocycles.